The number of nitrogens with zero attached hydrogens (tertiary/aromatic N) is 2. The number of nitrogens with two attached hydrogens (primary N) is 1. The second-order valence-electron chi connectivity index (χ2n) is 7.11. The van der Waals surface area contributed by atoms with E-state index >= 15 is 0 Å². The van der Waals surface area contributed by atoms with E-state index in [0.29, 0.717) is 12.2 Å². The molecule has 0 saturated heterocycles. The van der Waals surface area contributed by atoms with E-state index in [1.165, 1.54) is 0 Å². The van der Waals surface area contributed by atoms with Crippen LogP contribution in [0, 0.1) is 5.41 Å². The number of esters is 1. The Hall–Kier alpha value is -3.16. The summed E-state index contributed by atoms with van der Waals surface area (Å²) in [4.78, 5) is 38.1. The van der Waals surface area contributed by atoms with E-state index in [1.807, 2.05) is 30.3 Å². The first-order valence-electron chi connectivity index (χ1n) is 8.24. The van der Waals surface area contributed by atoms with Crippen LogP contribution in [-0.4, -0.2) is 25.9 Å². The molecule has 0 aliphatic rings. The van der Waals surface area contributed by atoms with E-state index in [2.05, 4.69) is 19.9 Å². The average Bonchev–Trinajstić information content (AvgIpc) is 2.98. The zero-order valence-electron chi connectivity index (χ0n) is 14.9. The Kier molecular flexibility index (Phi) is 4.50. The number of aromatic nitrogens is 4. The number of aromatic amines is 2. The van der Waals surface area contributed by atoms with Gasteiger partial charge in [-0.2, -0.15) is 4.98 Å². The standard InChI is InChI=1S/C18H21N5O3/c1-18(2,3)16(25)26-11(9-10-7-5-4-6-8-10)13-20-12-14(21-13)22-17(19)23-15(12)24/h4-8,11H,9H2,1-3H3,(H4,19,20,21,22,23,24). The molecule has 0 spiro atoms. The smallest absolute Gasteiger partial charge is 0.311 e. The van der Waals surface area contributed by atoms with Gasteiger partial charge in [-0.1, -0.05) is 30.3 Å². The maximum atomic E-state index is 12.4. The van der Waals surface area contributed by atoms with E-state index < -0.39 is 17.1 Å². The van der Waals surface area contributed by atoms with Crippen LogP contribution in [0.3, 0.4) is 0 Å². The summed E-state index contributed by atoms with van der Waals surface area (Å²) in [6, 6.07) is 9.59. The second-order valence-corrected chi connectivity index (χ2v) is 7.11. The lowest BCUT2D eigenvalue weighted by Gasteiger charge is -2.22. The summed E-state index contributed by atoms with van der Waals surface area (Å²) in [6.07, 6.45) is -0.269. The second kappa shape index (κ2) is 6.62. The summed E-state index contributed by atoms with van der Waals surface area (Å²) in [5.74, 6) is -0.0304. The Labute approximate surface area is 149 Å². The summed E-state index contributed by atoms with van der Waals surface area (Å²) < 4.78 is 5.70. The van der Waals surface area contributed by atoms with Gasteiger partial charge in [-0.25, -0.2) is 4.98 Å². The molecule has 0 fully saturated rings. The van der Waals surface area contributed by atoms with Crippen LogP contribution in [0.4, 0.5) is 5.95 Å². The third kappa shape index (κ3) is 3.74. The van der Waals surface area contributed by atoms with E-state index in [-0.39, 0.29) is 23.1 Å². The SMILES string of the molecule is CC(C)(C)C(=O)OC(Cc1ccccc1)c1nc2nc(N)[nH]c(=O)c2[nH]1. The number of hydrogen-bond acceptors (Lipinski definition) is 6. The molecule has 2 heterocycles. The van der Waals surface area contributed by atoms with Crippen molar-refractivity contribution in [2.24, 2.45) is 5.41 Å². The zero-order chi connectivity index (χ0) is 18.9. The van der Waals surface area contributed by atoms with Crippen molar-refractivity contribution in [2.75, 3.05) is 5.73 Å². The number of anilines is 1. The number of carbonyl (C=O) groups is 1. The van der Waals surface area contributed by atoms with Crippen LogP contribution in [0.5, 0.6) is 0 Å². The Morgan fingerprint density at radius 2 is 1.88 bits per heavy atom. The average molecular weight is 355 g/mol. The van der Waals surface area contributed by atoms with Gasteiger partial charge in [0.2, 0.25) is 5.95 Å². The van der Waals surface area contributed by atoms with Gasteiger partial charge in [0.05, 0.1) is 5.41 Å². The molecule has 0 saturated carbocycles. The molecule has 2 aromatic heterocycles. The summed E-state index contributed by atoms with van der Waals surface area (Å²) >= 11 is 0. The molecule has 0 radical (unpaired) electrons. The van der Waals surface area contributed by atoms with Crippen molar-refractivity contribution in [3.05, 3.63) is 52.1 Å². The van der Waals surface area contributed by atoms with Crippen LogP contribution in [0.15, 0.2) is 35.1 Å². The predicted molar refractivity (Wildman–Crippen MR) is 97.4 cm³/mol. The first kappa shape index (κ1) is 17.7. The molecule has 0 amide bonds. The zero-order valence-corrected chi connectivity index (χ0v) is 14.9. The Bertz CT molecular complexity index is 985. The molecule has 8 nitrogen and oxygen atoms in total. The van der Waals surface area contributed by atoms with Gasteiger partial charge in [0, 0.05) is 6.42 Å². The number of carbonyl (C=O) groups excluding carboxylic acids is 1. The van der Waals surface area contributed by atoms with Crippen molar-refractivity contribution in [3.63, 3.8) is 0 Å². The minimum Gasteiger partial charge on any atom is -0.453 e. The molecular formula is C18H21N5O3. The van der Waals surface area contributed by atoms with Gasteiger partial charge in [-0.05, 0) is 26.3 Å². The number of ether oxygens (including phenoxy) is 1. The lowest BCUT2D eigenvalue weighted by atomic mass is 9.97. The molecule has 8 heteroatoms. The topological polar surface area (TPSA) is 127 Å². The third-order valence-corrected chi connectivity index (χ3v) is 3.83. The van der Waals surface area contributed by atoms with Gasteiger partial charge in [0.25, 0.3) is 5.56 Å². The lowest BCUT2D eigenvalue weighted by Crippen LogP contribution is -2.26. The van der Waals surface area contributed by atoms with Crippen molar-refractivity contribution in [1.29, 1.82) is 0 Å². The van der Waals surface area contributed by atoms with Gasteiger partial charge in [-0.3, -0.25) is 14.6 Å². The van der Waals surface area contributed by atoms with E-state index in [9.17, 15) is 9.59 Å². The molecule has 136 valence electrons. The highest BCUT2D eigenvalue weighted by molar-refractivity contribution is 5.76. The monoisotopic (exact) mass is 355 g/mol. The van der Waals surface area contributed by atoms with Gasteiger partial charge < -0.3 is 15.5 Å². The number of nitrogens with one attached hydrogen (secondary N) is 2. The molecule has 3 aromatic rings. The Balaban J connectivity index is 2.00. The van der Waals surface area contributed by atoms with Crippen LogP contribution >= 0.6 is 0 Å². The highest BCUT2D eigenvalue weighted by atomic mass is 16.5. The van der Waals surface area contributed by atoms with E-state index in [4.69, 9.17) is 10.5 Å². The quantitative estimate of drug-likeness (QED) is 0.615. The number of fused-ring (bicyclic) bond motifs is 1. The third-order valence-electron chi connectivity index (χ3n) is 3.83. The van der Waals surface area contributed by atoms with Crippen LogP contribution in [-0.2, 0) is 16.0 Å². The number of nitrogen functional groups attached to an aromatic ring is 1. The van der Waals surface area contributed by atoms with Crippen molar-refractivity contribution < 1.29 is 9.53 Å². The molecule has 1 atom stereocenters. The lowest BCUT2D eigenvalue weighted by molar-refractivity contribution is -0.159. The fourth-order valence-corrected chi connectivity index (χ4v) is 2.42. The first-order chi connectivity index (χ1) is 12.2. The van der Waals surface area contributed by atoms with E-state index in [1.54, 1.807) is 20.8 Å². The molecule has 1 aromatic carbocycles. The van der Waals surface area contributed by atoms with Crippen LogP contribution < -0.4 is 11.3 Å². The van der Waals surface area contributed by atoms with Crippen molar-refractivity contribution >= 4 is 23.1 Å². The molecular weight excluding hydrogens is 334 g/mol. The van der Waals surface area contributed by atoms with Gasteiger partial charge >= 0.3 is 5.97 Å². The van der Waals surface area contributed by atoms with Gasteiger partial charge in [0.15, 0.2) is 23.1 Å². The van der Waals surface area contributed by atoms with Crippen LogP contribution in [0.2, 0.25) is 0 Å². The first-order valence-corrected chi connectivity index (χ1v) is 8.24. The fraction of sp³-hybridized carbons (Fsp3) is 0.333. The summed E-state index contributed by atoms with van der Waals surface area (Å²) in [5.41, 5.74) is 5.83. The normalized spacial score (nSPS) is 12.9. The van der Waals surface area contributed by atoms with E-state index in [0.717, 1.165) is 5.56 Å². The molecule has 26 heavy (non-hydrogen) atoms. The summed E-state index contributed by atoms with van der Waals surface area (Å²) in [7, 11) is 0. The van der Waals surface area contributed by atoms with Crippen LogP contribution in [0.1, 0.15) is 38.3 Å². The van der Waals surface area contributed by atoms with Crippen LogP contribution in [0.25, 0.3) is 11.2 Å². The molecule has 0 bridgehead atoms. The minimum atomic E-state index is -0.682. The maximum Gasteiger partial charge on any atom is 0.311 e. The number of benzene rings is 1. The van der Waals surface area contributed by atoms with Crippen molar-refractivity contribution in [1.82, 2.24) is 19.9 Å². The summed E-state index contributed by atoms with van der Waals surface area (Å²) in [6.45, 7) is 5.33. The number of imidazole rings is 1. The Morgan fingerprint density at radius 3 is 2.54 bits per heavy atom. The van der Waals surface area contributed by atoms with Gasteiger partial charge in [-0.15, -0.1) is 0 Å². The molecule has 0 aliphatic carbocycles. The molecule has 0 aliphatic heterocycles. The largest absolute Gasteiger partial charge is 0.453 e. The molecule has 4 N–H and O–H groups in total. The Morgan fingerprint density at radius 1 is 1.19 bits per heavy atom. The van der Waals surface area contributed by atoms with Crippen molar-refractivity contribution in [3.8, 4) is 0 Å². The molecule has 1 unspecified atom stereocenters. The van der Waals surface area contributed by atoms with Gasteiger partial charge in [0.1, 0.15) is 0 Å². The fourth-order valence-electron chi connectivity index (χ4n) is 2.42. The minimum absolute atomic E-state index is 0.0214. The number of rotatable bonds is 4. The predicted octanol–water partition coefficient (Wildman–Crippen LogP) is 2.10. The summed E-state index contributed by atoms with van der Waals surface area (Å²) in [5, 5.41) is 0. The highest BCUT2D eigenvalue weighted by Crippen LogP contribution is 2.26. The molecule has 3 rings (SSSR count). The highest BCUT2D eigenvalue weighted by Gasteiger charge is 2.29. The number of H-pyrrole nitrogens is 2. The maximum absolute atomic E-state index is 12.4. The van der Waals surface area contributed by atoms with Crippen molar-refractivity contribution in [2.45, 2.75) is 33.3 Å². The number of hydrogen-bond donors (Lipinski definition) is 3.